The molecule has 1 aliphatic carbocycles. The second-order valence-corrected chi connectivity index (χ2v) is 8.49. The number of nitrogens with one attached hydrogen (secondary N) is 2. The van der Waals surface area contributed by atoms with E-state index in [1.165, 1.54) is 12.1 Å². The number of carbonyl (C=O) groups is 6. The lowest BCUT2D eigenvalue weighted by Gasteiger charge is -2.24. The van der Waals surface area contributed by atoms with Gasteiger partial charge in [0, 0.05) is 24.5 Å². The molecule has 16 heteroatoms. The number of fused-ring (bicyclic) bond motifs is 2. The summed E-state index contributed by atoms with van der Waals surface area (Å²) >= 11 is 0. The van der Waals surface area contributed by atoms with Gasteiger partial charge in [0.25, 0.3) is 0 Å². The number of aliphatic carboxylic acids is 4. The van der Waals surface area contributed by atoms with Gasteiger partial charge in [0.1, 0.15) is 24.3 Å². The molecule has 0 bridgehead atoms. The number of hydrogen-bond acceptors (Lipinski definition) is 12. The zero-order valence-corrected chi connectivity index (χ0v) is 22.3. The molecule has 0 saturated heterocycles. The number of nitrogens with two attached hydrogens (primary N) is 2. The van der Waals surface area contributed by atoms with Gasteiger partial charge in [-0.25, -0.2) is 0 Å². The average Bonchev–Trinajstić information content (AvgIpc) is 2.88. The summed E-state index contributed by atoms with van der Waals surface area (Å²) in [6, 6.07) is 5.84. The second kappa shape index (κ2) is 16.8. The van der Waals surface area contributed by atoms with E-state index >= 15 is 0 Å². The molecule has 16 nitrogen and oxygen atoms in total. The van der Waals surface area contributed by atoms with E-state index in [9.17, 15) is 39.0 Å². The molecular weight excluding hydrogens is 560 g/mol. The highest BCUT2D eigenvalue weighted by Crippen LogP contribution is 2.42. The van der Waals surface area contributed by atoms with Crippen molar-refractivity contribution in [3.63, 3.8) is 0 Å². The van der Waals surface area contributed by atoms with Gasteiger partial charge in [-0.1, -0.05) is 0 Å². The smallest absolute Gasteiger partial charge is 0.314 e. The van der Waals surface area contributed by atoms with Crippen LogP contribution in [0.2, 0.25) is 0 Å². The van der Waals surface area contributed by atoms with Crippen molar-refractivity contribution >= 4 is 46.8 Å². The molecule has 42 heavy (non-hydrogen) atoms. The topological polar surface area (TPSA) is 300 Å². The minimum atomic E-state index is -1.31. The van der Waals surface area contributed by atoms with Gasteiger partial charge in [0.15, 0.2) is 0 Å². The van der Waals surface area contributed by atoms with E-state index < -0.39 is 48.3 Å². The first-order valence-electron chi connectivity index (χ1n) is 12.3. The van der Waals surface area contributed by atoms with E-state index in [1.807, 2.05) is 0 Å². The van der Waals surface area contributed by atoms with Gasteiger partial charge < -0.3 is 52.7 Å². The Morgan fingerprint density at radius 1 is 0.571 bits per heavy atom. The molecule has 0 atom stereocenters. The Morgan fingerprint density at radius 3 is 1.12 bits per heavy atom. The molecule has 2 aromatic rings. The Kier molecular flexibility index (Phi) is 13.9. The number of carboxylic acid groups (broad SMARTS) is 4. The zero-order valence-electron chi connectivity index (χ0n) is 22.3. The van der Waals surface area contributed by atoms with E-state index in [1.54, 1.807) is 12.1 Å². The van der Waals surface area contributed by atoms with Crippen molar-refractivity contribution in [1.29, 1.82) is 0 Å². The number of carbonyl (C=O) groups excluding carboxylic acids is 2. The Morgan fingerprint density at radius 2 is 0.881 bits per heavy atom. The molecule has 3 rings (SSSR count). The van der Waals surface area contributed by atoms with Crippen molar-refractivity contribution in [2.24, 2.45) is 11.5 Å². The van der Waals surface area contributed by atoms with Gasteiger partial charge in [-0.05, 0) is 50.2 Å². The van der Waals surface area contributed by atoms with Gasteiger partial charge in [-0.15, -0.1) is 0 Å². The van der Waals surface area contributed by atoms with Crippen LogP contribution in [-0.4, -0.2) is 92.3 Å². The summed E-state index contributed by atoms with van der Waals surface area (Å²) in [6.07, 6.45) is -0.230. The lowest BCUT2D eigenvalue weighted by Crippen LogP contribution is -2.25. The van der Waals surface area contributed by atoms with Crippen LogP contribution in [-0.2, 0) is 19.2 Å². The van der Waals surface area contributed by atoms with Crippen LogP contribution in [0.4, 0.5) is 11.4 Å². The van der Waals surface area contributed by atoms with E-state index in [2.05, 4.69) is 10.6 Å². The van der Waals surface area contributed by atoms with Crippen molar-refractivity contribution in [3.05, 3.63) is 46.5 Å². The van der Waals surface area contributed by atoms with E-state index in [0.29, 0.717) is 50.4 Å². The van der Waals surface area contributed by atoms with Crippen molar-refractivity contribution < 1.29 is 59.4 Å². The van der Waals surface area contributed by atoms with Crippen LogP contribution in [0.25, 0.3) is 0 Å². The fourth-order valence-corrected chi connectivity index (χ4v) is 3.57. The molecule has 0 radical (unpaired) electrons. The molecule has 0 fully saturated rings. The molecule has 0 saturated carbocycles. The average molecular weight is 593 g/mol. The van der Waals surface area contributed by atoms with Crippen molar-refractivity contribution in [3.8, 4) is 11.5 Å². The summed E-state index contributed by atoms with van der Waals surface area (Å²) in [5.74, 6) is -6.97. The molecule has 12 N–H and O–H groups in total. The third-order valence-corrected chi connectivity index (χ3v) is 5.27. The van der Waals surface area contributed by atoms with Crippen LogP contribution in [0.3, 0.4) is 0 Å². The number of phenols is 2. The number of aromatic hydroxyl groups is 2. The molecule has 0 amide bonds. The number of phenolic OH excluding ortho intramolecular Hbond substituents is 2. The van der Waals surface area contributed by atoms with Gasteiger partial charge in [-0.2, -0.15) is 0 Å². The lowest BCUT2D eigenvalue weighted by atomic mass is 9.81. The molecular formula is C26H32N4O12. The third-order valence-electron chi connectivity index (χ3n) is 5.27. The molecule has 0 aromatic heterocycles. The Hall–Kier alpha value is -5.22. The Bertz CT molecular complexity index is 1220. The maximum absolute atomic E-state index is 13.2. The first kappa shape index (κ1) is 34.8. The summed E-state index contributed by atoms with van der Waals surface area (Å²) in [5, 5.41) is 57.5. The van der Waals surface area contributed by atoms with Crippen molar-refractivity contribution in [2.75, 3.05) is 36.8 Å². The minimum absolute atomic E-state index is 0.174. The maximum atomic E-state index is 13.2. The second-order valence-electron chi connectivity index (χ2n) is 8.49. The molecule has 1 aliphatic rings. The standard InChI is InChI=1S/C20H24N4O4.2C3H4O4/c21-7-1-9-23-11-3-4-12(24-10-2-8-22)16-15(11)19(27)17-13(25)5-6-14(26)18(17)20(16)28;2*4-2(5)1-3(6)7/h3-6,23-26H,1-2,7-10,21-22H2;2*1H2,(H,4,5)(H,6,7). The van der Waals surface area contributed by atoms with Crippen molar-refractivity contribution in [2.45, 2.75) is 25.7 Å². The van der Waals surface area contributed by atoms with Crippen LogP contribution >= 0.6 is 0 Å². The summed E-state index contributed by atoms with van der Waals surface area (Å²) in [5.41, 5.74) is 12.0. The van der Waals surface area contributed by atoms with E-state index in [-0.39, 0.29) is 33.8 Å². The van der Waals surface area contributed by atoms with E-state index in [0.717, 1.165) is 0 Å². The quantitative estimate of drug-likeness (QED) is 0.0777. The van der Waals surface area contributed by atoms with Gasteiger partial charge >= 0.3 is 23.9 Å². The Balaban J connectivity index is 0.000000522. The minimum Gasteiger partial charge on any atom is -0.507 e. The van der Waals surface area contributed by atoms with Crippen molar-refractivity contribution in [1.82, 2.24) is 0 Å². The number of anilines is 2. The van der Waals surface area contributed by atoms with Crippen LogP contribution in [0.15, 0.2) is 24.3 Å². The monoisotopic (exact) mass is 592 g/mol. The van der Waals surface area contributed by atoms with Crippen LogP contribution < -0.4 is 22.1 Å². The number of ketones is 2. The van der Waals surface area contributed by atoms with E-state index in [4.69, 9.17) is 31.9 Å². The van der Waals surface area contributed by atoms with Gasteiger partial charge in [-0.3, -0.25) is 28.8 Å². The third kappa shape index (κ3) is 10.1. The normalized spacial score (nSPS) is 11.0. The SMILES string of the molecule is NCCCNc1ccc(NCCCN)c2c1C(=O)c1c(O)ccc(O)c1C2=O.O=C(O)CC(=O)O.O=C(O)CC(=O)O. The summed E-state index contributed by atoms with van der Waals surface area (Å²) in [4.78, 5) is 64.2. The highest BCUT2D eigenvalue weighted by Gasteiger charge is 2.37. The summed E-state index contributed by atoms with van der Waals surface area (Å²) < 4.78 is 0. The molecule has 228 valence electrons. The molecule has 2 aromatic carbocycles. The van der Waals surface area contributed by atoms with Crippen LogP contribution in [0.5, 0.6) is 11.5 Å². The Labute approximate surface area is 238 Å². The zero-order chi connectivity index (χ0) is 32.0. The fraction of sp³-hybridized carbons (Fsp3) is 0.308. The highest BCUT2D eigenvalue weighted by molar-refractivity contribution is 6.33. The van der Waals surface area contributed by atoms with Crippen LogP contribution in [0.1, 0.15) is 57.5 Å². The molecule has 0 aliphatic heterocycles. The molecule has 0 heterocycles. The van der Waals surface area contributed by atoms with Gasteiger partial charge in [0.05, 0.1) is 22.3 Å². The summed E-state index contributed by atoms with van der Waals surface area (Å²) in [6.45, 7) is 2.03. The highest BCUT2D eigenvalue weighted by atomic mass is 16.4. The number of hydrogen-bond donors (Lipinski definition) is 10. The van der Waals surface area contributed by atoms with Crippen LogP contribution in [0, 0.1) is 0 Å². The first-order valence-corrected chi connectivity index (χ1v) is 12.3. The molecule has 0 spiro atoms. The largest absolute Gasteiger partial charge is 0.507 e. The maximum Gasteiger partial charge on any atom is 0.314 e. The number of rotatable bonds is 12. The molecule has 0 unspecified atom stereocenters. The first-order chi connectivity index (χ1) is 19.8. The lowest BCUT2D eigenvalue weighted by molar-refractivity contribution is -0.149. The van der Waals surface area contributed by atoms with Gasteiger partial charge in [0.2, 0.25) is 11.6 Å². The number of benzene rings is 2. The number of carboxylic acids is 4. The summed E-state index contributed by atoms with van der Waals surface area (Å²) in [7, 11) is 0. The predicted octanol–water partition coefficient (Wildman–Crippen LogP) is 0.486. The fourth-order valence-electron chi connectivity index (χ4n) is 3.57. The predicted molar refractivity (Wildman–Crippen MR) is 147 cm³/mol.